The van der Waals surface area contributed by atoms with Crippen molar-refractivity contribution in [2.24, 2.45) is 16.8 Å². The van der Waals surface area contributed by atoms with Gasteiger partial charge in [0.1, 0.15) is 12.6 Å². The molecule has 2 aliphatic heterocycles. The lowest BCUT2D eigenvalue weighted by atomic mass is 9.73. The van der Waals surface area contributed by atoms with Gasteiger partial charge in [0.2, 0.25) is 0 Å². The first-order valence-electron chi connectivity index (χ1n) is 7.79. The van der Waals surface area contributed by atoms with E-state index in [0.29, 0.717) is 12.6 Å². The summed E-state index contributed by atoms with van der Waals surface area (Å²) in [7, 11) is 0. The Morgan fingerprint density at radius 2 is 2.16 bits per heavy atom. The number of piperidine rings is 1. The van der Waals surface area contributed by atoms with Crippen LogP contribution in [-0.2, 0) is 4.74 Å². The van der Waals surface area contributed by atoms with Gasteiger partial charge in [0.15, 0.2) is 6.40 Å². The molecule has 3 rings (SSSR count). The van der Waals surface area contributed by atoms with E-state index < -0.39 is 0 Å². The van der Waals surface area contributed by atoms with Crippen LogP contribution in [0.2, 0.25) is 0 Å². The number of rotatable bonds is 3. The second-order valence-electron chi connectivity index (χ2n) is 6.57. The Hall–Kier alpha value is -0.610. The standard InChI is InChI=1S/C15H26N2O2/c1-11-6-12-4-2-3-5-13(12)7-17(11)8-15(18)14-9-19-10-16-14/h10-15,18H,2-9H2,1H3/t11-,12+,13-,14?,15?/m1/s1. The monoisotopic (exact) mass is 266 g/mol. The van der Waals surface area contributed by atoms with Crippen LogP contribution in [0.5, 0.6) is 0 Å². The fourth-order valence-electron chi connectivity index (χ4n) is 4.04. The molecule has 0 amide bonds. The third kappa shape index (κ3) is 2.95. The fourth-order valence-corrected chi connectivity index (χ4v) is 4.04. The number of nitrogens with zero attached hydrogens (tertiary/aromatic N) is 2. The molecule has 0 bridgehead atoms. The van der Waals surface area contributed by atoms with Crippen molar-refractivity contribution in [1.29, 1.82) is 0 Å². The van der Waals surface area contributed by atoms with Gasteiger partial charge in [0.05, 0.1) is 6.10 Å². The van der Waals surface area contributed by atoms with E-state index in [0.717, 1.165) is 18.4 Å². The van der Waals surface area contributed by atoms with E-state index in [1.54, 1.807) is 0 Å². The van der Waals surface area contributed by atoms with Gasteiger partial charge < -0.3 is 9.84 Å². The Kier molecular flexibility index (Phi) is 4.08. The van der Waals surface area contributed by atoms with E-state index in [4.69, 9.17) is 4.74 Å². The molecule has 0 aromatic heterocycles. The van der Waals surface area contributed by atoms with Crippen molar-refractivity contribution in [3.05, 3.63) is 0 Å². The first-order chi connectivity index (χ1) is 9.24. The lowest BCUT2D eigenvalue weighted by Gasteiger charge is -2.45. The van der Waals surface area contributed by atoms with Crippen LogP contribution >= 0.6 is 0 Å². The first kappa shape index (κ1) is 13.4. The average molecular weight is 266 g/mol. The molecule has 2 unspecified atom stereocenters. The molecule has 1 saturated heterocycles. The third-order valence-corrected chi connectivity index (χ3v) is 5.26. The smallest absolute Gasteiger partial charge is 0.169 e. The highest BCUT2D eigenvalue weighted by molar-refractivity contribution is 5.49. The summed E-state index contributed by atoms with van der Waals surface area (Å²) < 4.78 is 5.11. The zero-order valence-corrected chi connectivity index (χ0v) is 11.9. The summed E-state index contributed by atoms with van der Waals surface area (Å²) in [5.74, 6) is 1.80. The second-order valence-corrected chi connectivity index (χ2v) is 6.57. The van der Waals surface area contributed by atoms with Gasteiger partial charge in [0, 0.05) is 19.1 Å². The van der Waals surface area contributed by atoms with Gasteiger partial charge in [-0.1, -0.05) is 19.3 Å². The summed E-state index contributed by atoms with van der Waals surface area (Å²) in [6.45, 7) is 4.76. The minimum Gasteiger partial charge on any atom is -0.481 e. The predicted octanol–water partition coefficient (Wildman–Crippen LogP) is 1.68. The van der Waals surface area contributed by atoms with Crippen molar-refractivity contribution in [2.45, 2.75) is 57.2 Å². The first-order valence-corrected chi connectivity index (χ1v) is 7.79. The molecular weight excluding hydrogens is 240 g/mol. The Morgan fingerprint density at radius 1 is 1.37 bits per heavy atom. The number of aliphatic hydroxyl groups excluding tert-OH is 1. The largest absolute Gasteiger partial charge is 0.481 e. The summed E-state index contributed by atoms with van der Waals surface area (Å²) in [6, 6.07) is 0.539. The maximum absolute atomic E-state index is 10.3. The normalized spacial score (nSPS) is 40.7. The molecule has 1 saturated carbocycles. The highest BCUT2D eigenvalue weighted by Gasteiger charge is 2.36. The zero-order chi connectivity index (χ0) is 13.2. The van der Waals surface area contributed by atoms with Gasteiger partial charge in [0.25, 0.3) is 0 Å². The molecule has 1 aliphatic carbocycles. The van der Waals surface area contributed by atoms with Crippen LogP contribution < -0.4 is 0 Å². The minimum atomic E-state index is -0.388. The summed E-state index contributed by atoms with van der Waals surface area (Å²) in [5.41, 5.74) is 0. The molecule has 19 heavy (non-hydrogen) atoms. The van der Waals surface area contributed by atoms with Gasteiger partial charge in [-0.3, -0.25) is 4.90 Å². The second kappa shape index (κ2) is 5.80. The number of aliphatic imine (C=N–C) groups is 1. The van der Waals surface area contributed by atoms with Gasteiger partial charge >= 0.3 is 0 Å². The van der Waals surface area contributed by atoms with Crippen molar-refractivity contribution >= 4 is 6.40 Å². The highest BCUT2D eigenvalue weighted by Crippen LogP contribution is 2.38. The molecule has 0 aromatic carbocycles. The molecule has 0 spiro atoms. The summed E-state index contributed by atoms with van der Waals surface area (Å²) in [5, 5.41) is 10.3. The number of fused-ring (bicyclic) bond motifs is 1. The molecule has 2 heterocycles. The third-order valence-electron chi connectivity index (χ3n) is 5.26. The number of ether oxygens (including phenoxy) is 1. The van der Waals surface area contributed by atoms with Crippen molar-refractivity contribution in [3.63, 3.8) is 0 Å². The Morgan fingerprint density at radius 3 is 2.89 bits per heavy atom. The van der Waals surface area contributed by atoms with Gasteiger partial charge in [-0.05, 0) is 31.6 Å². The van der Waals surface area contributed by atoms with Crippen LogP contribution in [0.15, 0.2) is 4.99 Å². The van der Waals surface area contributed by atoms with Crippen LogP contribution in [-0.4, -0.2) is 54.3 Å². The molecule has 1 N–H and O–H groups in total. The van der Waals surface area contributed by atoms with E-state index in [1.807, 2.05) is 0 Å². The minimum absolute atomic E-state index is 0.0590. The van der Waals surface area contributed by atoms with Crippen molar-refractivity contribution in [1.82, 2.24) is 4.90 Å². The number of hydrogen-bond acceptors (Lipinski definition) is 4. The SMILES string of the molecule is C[C@@H]1C[C@@H]2CCCC[C@@H]2CN1CC(O)C1COC=N1. The zero-order valence-electron chi connectivity index (χ0n) is 11.9. The van der Waals surface area contributed by atoms with E-state index in [-0.39, 0.29) is 12.1 Å². The van der Waals surface area contributed by atoms with E-state index in [2.05, 4.69) is 16.8 Å². The van der Waals surface area contributed by atoms with Gasteiger partial charge in [-0.25, -0.2) is 4.99 Å². The van der Waals surface area contributed by atoms with Gasteiger partial charge in [-0.15, -0.1) is 0 Å². The molecule has 0 aromatic rings. The van der Waals surface area contributed by atoms with Crippen LogP contribution in [0.25, 0.3) is 0 Å². The number of aliphatic hydroxyl groups is 1. The van der Waals surface area contributed by atoms with Gasteiger partial charge in [-0.2, -0.15) is 0 Å². The number of likely N-dealkylation sites (tertiary alicyclic amines) is 1. The van der Waals surface area contributed by atoms with Crippen LogP contribution in [0.1, 0.15) is 39.0 Å². The quantitative estimate of drug-likeness (QED) is 0.845. The number of β-amino-alcohol motifs (C(OH)–C–C–N with tert-alkyl or cyclic N) is 1. The highest BCUT2D eigenvalue weighted by atomic mass is 16.5. The van der Waals surface area contributed by atoms with Crippen LogP contribution in [0.4, 0.5) is 0 Å². The summed E-state index contributed by atoms with van der Waals surface area (Å²) in [6.07, 6.45) is 8.02. The van der Waals surface area contributed by atoms with Crippen LogP contribution in [0, 0.1) is 11.8 Å². The number of hydrogen-bond donors (Lipinski definition) is 1. The molecule has 2 fully saturated rings. The predicted molar refractivity (Wildman–Crippen MR) is 75.3 cm³/mol. The molecule has 0 radical (unpaired) electrons. The fraction of sp³-hybridized carbons (Fsp3) is 0.933. The Bertz CT molecular complexity index is 334. The van der Waals surface area contributed by atoms with E-state index in [9.17, 15) is 5.11 Å². The Balaban J connectivity index is 1.56. The molecular formula is C15H26N2O2. The van der Waals surface area contributed by atoms with Crippen molar-refractivity contribution in [2.75, 3.05) is 19.7 Å². The van der Waals surface area contributed by atoms with Crippen molar-refractivity contribution in [3.8, 4) is 0 Å². The molecule has 5 atom stereocenters. The lowest BCUT2D eigenvalue weighted by Crippen LogP contribution is -2.51. The Labute approximate surface area is 115 Å². The average Bonchev–Trinajstić information content (AvgIpc) is 2.93. The summed E-state index contributed by atoms with van der Waals surface area (Å²) >= 11 is 0. The maximum atomic E-state index is 10.3. The molecule has 3 aliphatic rings. The molecule has 4 heteroatoms. The van der Waals surface area contributed by atoms with Crippen LogP contribution in [0.3, 0.4) is 0 Å². The van der Waals surface area contributed by atoms with Crippen molar-refractivity contribution < 1.29 is 9.84 Å². The maximum Gasteiger partial charge on any atom is 0.169 e. The molecule has 4 nitrogen and oxygen atoms in total. The lowest BCUT2D eigenvalue weighted by molar-refractivity contribution is 0.00541. The topological polar surface area (TPSA) is 45.1 Å². The van der Waals surface area contributed by atoms with E-state index in [1.165, 1.54) is 45.0 Å². The molecule has 108 valence electrons. The van der Waals surface area contributed by atoms with E-state index >= 15 is 0 Å². The summed E-state index contributed by atoms with van der Waals surface area (Å²) in [4.78, 5) is 6.66.